The van der Waals surface area contributed by atoms with Crippen LogP contribution in [0.4, 0.5) is 27.6 Å². The van der Waals surface area contributed by atoms with E-state index in [2.05, 4.69) is 30.7 Å². The Bertz CT molecular complexity index is 1470. The largest absolute Gasteiger partial charge is 0.481 e. The van der Waals surface area contributed by atoms with E-state index in [4.69, 9.17) is 14.3 Å². The molecule has 2 aromatic carbocycles. The maximum atomic E-state index is 13.0. The third-order valence-electron chi connectivity index (χ3n) is 6.65. The number of rotatable bonds is 9. The van der Waals surface area contributed by atoms with E-state index in [1.165, 1.54) is 24.3 Å². The van der Waals surface area contributed by atoms with Crippen molar-refractivity contribution < 1.29 is 28.2 Å². The van der Waals surface area contributed by atoms with Gasteiger partial charge in [0.1, 0.15) is 23.1 Å². The summed E-state index contributed by atoms with van der Waals surface area (Å²) in [5, 5.41) is 22.4. The predicted octanol–water partition coefficient (Wildman–Crippen LogP) is 5.47. The number of piperidine rings is 1. The number of carboxylic acid groups (broad SMARTS) is 1. The summed E-state index contributed by atoms with van der Waals surface area (Å²) in [5.74, 6) is -0.106. The van der Waals surface area contributed by atoms with Crippen molar-refractivity contribution >= 4 is 35.1 Å². The molecule has 1 aliphatic rings. The highest BCUT2D eigenvalue weighted by molar-refractivity contribution is 6.00. The van der Waals surface area contributed by atoms with E-state index in [0.717, 1.165) is 18.7 Å². The Morgan fingerprint density at radius 1 is 1.00 bits per heavy atom. The summed E-state index contributed by atoms with van der Waals surface area (Å²) in [5.41, 5.74) is 0.880. The lowest BCUT2D eigenvalue weighted by atomic mass is 9.77. The van der Waals surface area contributed by atoms with Gasteiger partial charge < -0.3 is 29.8 Å². The van der Waals surface area contributed by atoms with Crippen LogP contribution in [0.1, 0.15) is 36.9 Å². The van der Waals surface area contributed by atoms with Crippen LogP contribution >= 0.6 is 0 Å². The molecule has 3 N–H and O–H groups in total. The fourth-order valence-corrected chi connectivity index (χ4v) is 4.38. The maximum absolute atomic E-state index is 13.0. The van der Waals surface area contributed by atoms with Crippen LogP contribution in [0, 0.1) is 11.2 Å². The molecule has 0 aliphatic carbocycles. The Morgan fingerprint density at radius 3 is 2.27 bits per heavy atom. The zero-order valence-corrected chi connectivity index (χ0v) is 21.6. The second-order valence-corrected chi connectivity index (χ2v) is 9.85. The Kier molecular flexibility index (Phi) is 7.58. The van der Waals surface area contributed by atoms with E-state index in [9.17, 15) is 14.0 Å². The van der Waals surface area contributed by atoms with Gasteiger partial charge in [0.2, 0.25) is 0 Å². The molecule has 1 amide bonds. The van der Waals surface area contributed by atoms with Gasteiger partial charge in [-0.15, -0.1) is 5.10 Å². The summed E-state index contributed by atoms with van der Waals surface area (Å²) in [6.45, 7) is 3.43. The van der Waals surface area contributed by atoms with Gasteiger partial charge >= 0.3 is 23.8 Å². The van der Waals surface area contributed by atoms with Crippen LogP contribution in [0.3, 0.4) is 0 Å². The van der Waals surface area contributed by atoms with Crippen molar-refractivity contribution in [2.45, 2.75) is 26.2 Å². The SMILES string of the molecule is CC1(CC(=O)O)CCN(c2ccc(NC(=O)c3nnc(Nc4ccc(Oc5ccc(F)cc5)cc4)o3)cn2)CC1. The monoisotopic (exact) mass is 546 g/mol. The van der Waals surface area contributed by atoms with Crippen molar-refractivity contribution in [1.29, 1.82) is 0 Å². The first-order valence-corrected chi connectivity index (χ1v) is 12.6. The number of ether oxygens (including phenoxy) is 1. The molecule has 12 heteroatoms. The number of carbonyl (C=O) groups excluding carboxylic acids is 1. The molecule has 40 heavy (non-hydrogen) atoms. The fourth-order valence-electron chi connectivity index (χ4n) is 4.38. The van der Waals surface area contributed by atoms with E-state index in [-0.39, 0.29) is 29.6 Å². The molecule has 206 valence electrons. The van der Waals surface area contributed by atoms with Crippen molar-refractivity contribution in [3.05, 3.63) is 78.6 Å². The summed E-state index contributed by atoms with van der Waals surface area (Å²) >= 11 is 0. The Balaban J connectivity index is 1.12. The van der Waals surface area contributed by atoms with Crippen LogP contribution in [0.5, 0.6) is 11.5 Å². The lowest BCUT2D eigenvalue weighted by Gasteiger charge is -2.39. The minimum Gasteiger partial charge on any atom is -0.481 e. The maximum Gasteiger partial charge on any atom is 0.320 e. The second kappa shape index (κ2) is 11.4. The van der Waals surface area contributed by atoms with Gasteiger partial charge in [-0.05, 0) is 78.9 Å². The van der Waals surface area contributed by atoms with Gasteiger partial charge in [0.05, 0.1) is 18.3 Å². The van der Waals surface area contributed by atoms with E-state index in [0.29, 0.717) is 36.0 Å². The number of anilines is 4. The van der Waals surface area contributed by atoms with Crippen LogP contribution in [0.15, 0.2) is 71.3 Å². The molecule has 2 aromatic heterocycles. The Labute approximate surface area is 229 Å². The lowest BCUT2D eigenvalue weighted by Crippen LogP contribution is -2.40. The van der Waals surface area contributed by atoms with Crippen LogP contribution < -0.4 is 20.3 Å². The molecule has 1 saturated heterocycles. The van der Waals surface area contributed by atoms with Gasteiger partial charge in [-0.25, -0.2) is 9.37 Å². The average molecular weight is 547 g/mol. The third kappa shape index (κ3) is 6.70. The number of benzene rings is 2. The quantitative estimate of drug-likeness (QED) is 0.247. The first-order valence-electron chi connectivity index (χ1n) is 12.6. The number of nitrogens with one attached hydrogen (secondary N) is 2. The lowest BCUT2D eigenvalue weighted by molar-refractivity contribution is -0.139. The molecular weight excluding hydrogens is 519 g/mol. The molecule has 3 heterocycles. The fraction of sp³-hybridized carbons (Fsp3) is 0.250. The summed E-state index contributed by atoms with van der Waals surface area (Å²) in [6.07, 6.45) is 3.23. The number of nitrogens with zero attached hydrogens (tertiary/aromatic N) is 4. The number of aliphatic carboxylic acids is 1. The number of carboxylic acids is 1. The van der Waals surface area contributed by atoms with Crippen LogP contribution in [0.25, 0.3) is 0 Å². The molecule has 11 nitrogen and oxygen atoms in total. The van der Waals surface area contributed by atoms with Crippen LogP contribution in [-0.4, -0.2) is 45.3 Å². The number of aromatic nitrogens is 3. The van der Waals surface area contributed by atoms with Crippen molar-refractivity contribution in [2.75, 3.05) is 28.6 Å². The normalized spacial score (nSPS) is 14.4. The van der Waals surface area contributed by atoms with Crippen molar-refractivity contribution in [1.82, 2.24) is 15.2 Å². The number of halogens is 1. The van der Waals surface area contributed by atoms with Crippen molar-refractivity contribution in [2.24, 2.45) is 5.41 Å². The van der Waals surface area contributed by atoms with Crippen molar-refractivity contribution in [3.63, 3.8) is 0 Å². The zero-order valence-electron chi connectivity index (χ0n) is 21.6. The van der Waals surface area contributed by atoms with Crippen LogP contribution in [0.2, 0.25) is 0 Å². The highest BCUT2D eigenvalue weighted by atomic mass is 19.1. The summed E-state index contributed by atoms with van der Waals surface area (Å²) in [6, 6.07) is 16.2. The first-order chi connectivity index (χ1) is 19.2. The summed E-state index contributed by atoms with van der Waals surface area (Å²) in [7, 11) is 0. The number of pyridine rings is 1. The minimum absolute atomic E-state index is 0.0332. The molecule has 5 rings (SSSR count). The summed E-state index contributed by atoms with van der Waals surface area (Å²) < 4.78 is 24.2. The highest BCUT2D eigenvalue weighted by Gasteiger charge is 2.32. The number of hydrogen-bond donors (Lipinski definition) is 3. The smallest absolute Gasteiger partial charge is 0.320 e. The first kappa shape index (κ1) is 26.6. The van der Waals surface area contributed by atoms with Crippen molar-refractivity contribution in [3.8, 4) is 11.5 Å². The number of hydrogen-bond acceptors (Lipinski definition) is 9. The van der Waals surface area contributed by atoms with E-state index in [1.807, 2.05) is 6.92 Å². The number of amides is 1. The van der Waals surface area contributed by atoms with E-state index < -0.39 is 11.9 Å². The molecule has 0 unspecified atom stereocenters. The minimum atomic E-state index is -0.776. The highest BCUT2D eigenvalue weighted by Crippen LogP contribution is 2.35. The van der Waals surface area contributed by atoms with E-state index >= 15 is 0 Å². The molecule has 0 bridgehead atoms. The van der Waals surface area contributed by atoms with Gasteiger partial charge in [0, 0.05) is 18.8 Å². The topological polar surface area (TPSA) is 143 Å². The Morgan fingerprint density at radius 2 is 1.65 bits per heavy atom. The second-order valence-electron chi connectivity index (χ2n) is 9.85. The molecule has 1 fully saturated rings. The molecule has 0 saturated carbocycles. The molecule has 4 aromatic rings. The number of carbonyl (C=O) groups is 2. The molecule has 0 atom stereocenters. The van der Waals surface area contributed by atoms with Gasteiger partial charge in [-0.2, -0.15) is 0 Å². The summed E-state index contributed by atoms with van der Waals surface area (Å²) in [4.78, 5) is 30.3. The van der Waals surface area contributed by atoms with Crippen LogP contribution in [-0.2, 0) is 4.79 Å². The Hall–Kier alpha value is -5.00. The van der Waals surface area contributed by atoms with Gasteiger partial charge in [-0.1, -0.05) is 12.0 Å². The van der Waals surface area contributed by atoms with Gasteiger partial charge in [0.15, 0.2) is 0 Å². The van der Waals surface area contributed by atoms with Gasteiger partial charge in [0.25, 0.3) is 0 Å². The predicted molar refractivity (Wildman–Crippen MR) is 144 cm³/mol. The van der Waals surface area contributed by atoms with Gasteiger partial charge in [-0.3, -0.25) is 9.59 Å². The molecule has 0 radical (unpaired) electrons. The molecule has 1 aliphatic heterocycles. The molecular formula is C28H27FN6O5. The zero-order chi connectivity index (χ0) is 28.1. The molecule has 0 spiro atoms. The average Bonchev–Trinajstić information content (AvgIpc) is 3.40. The van der Waals surface area contributed by atoms with E-state index in [1.54, 1.807) is 42.6 Å². The standard InChI is InChI=1S/C28H27FN6O5/c1-28(16-24(36)37)12-14-35(15-13-28)23-11-6-20(17-30-23)31-25(38)26-33-34-27(40-26)32-19-4-9-22(10-5-19)39-21-7-2-18(29)3-8-21/h2-11,17H,12-16H2,1H3,(H,31,38)(H,32,34)(H,36,37). The third-order valence-corrected chi connectivity index (χ3v) is 6.65.